The zero-order valence-corrected chi connectivity index (χ0v) is 10.5. The minimum absolute atomic E-state index is 0.0329. The van der Waals surface area contributed by atoms with Crippen molar-refractivity contribution in [3.8, 4) is 0 Å². The molecule has 0 aliphatic heterocycles. The number of nitrogens with one attached hydrogen (secondary N) is 1. The van der Waals surface area contributed by atoms with Crippen LogP contribution in [0.1, 0.15) is 38.2 Å². The summed E-state index contributed by atoms with van der Waals surface area (Å²) in [5.74, 6) is -0.964. The van der Waals surface area contributed by atoms with Crippen molar-refractivity contribution >= 4 is 11.7 Å². The average Bonchev–Trinajstić information content (AvgIpc) is 2.37. The van der Waals surface area contributed by atoms with Gasteiger partial charge in [0.1, 0.15) is 5.60 Å². The van der Waals surface area contributed by atoms with Crippen LogP contribution >= 0.6 is 0 Å². The molecule has 0 heterocycles. The van der Waals surface area contributed by atoms with Crippen LogP contribution in [0.4, 0.5) is 0 Å². The number of carbonyl (C=O) groups is 1. The van der Waals surface area contributed by atoms with Gasteiger partial charge in [-0.25, -0.2) is 0 Å². The lowest BCUT2D eigenvalue weighted by atomic mass is 9.83. The quantitative estimate of drug-likeness (QED) is 0.649. The Kier molecular flexibility index (Phi) is 5.04. The monoisotopic (exact) mass is 249 g/mol. The molecule has 0 aromatic heterocycles. The van der Waals surface area contributed by atoms with Crippen LogP contribution in [0, 0.1) is 5.41 Å². The number of hydrogen-bond acceptors (Lipinski definition) is 3. The molecule has 1 aromatic rings. The van der Waals surface area contributed by atoms with Gasteiger partial charge in [-0.2, -0.15) is 0 Å². The smallest absolute Gasteiger partial charge is 0.303 e. The van der Waals surface area contributed by atoms with Gasteiger partial charge >= 0.3 is 5.97 Å². The van der Waals surface area contributed by atoms with Crippen LogP contribution in [0.5, 0.6) is 0 Å². The lowest BCUT2D eigenvalue weighted by molar-refractivity contribution is -0.138. The van der Waals surface area contributed by atoms with Crippen molar-refractivity contribution < 1.29 is 15.0 Å². The average molecular weight is 249 g/mol. The Morgan fingerprint density at radius 3 is 2.39 bits per heavy atom. The molecule has 1 atom stereocenters. The van der Waals surface area contributed by atoms with Gasteiger partial charge < -0.3 is 15.6 Å². The van der Waals surface area contributed by atoms with E-state index < -0.39 is 11.6 Å². The molecule has 18 heavy (non-hydrogen) atoms. The van der Waals surface area contributed by atoms with Gasteiger partial charge in [0.2, 0.25) is 0 Å². The van der Waals surface area contributed by atoms with Crippen molar-refractivity contribution in [1.29, 1.82) is 5.41 Å². The molecular formula is C14H19NO3. The molecule has 4 heteroatoms. The molecule has 98 valence electrons. The van der Waals surface area contributed by atoms with Gasteiger partial charge in [-0.3, -0.25) is 4.79 Å². The summed E-state index contributed by atoms with van der Waals surface area (Å²) in [5, 5.41) is 27.4. The van der Waals surface area contributed by atoms with E-state index in [-0.39, 0.29) is 18.6 Å². The van der Waals surface area contributed by atoms with E-state index in [2.05, 4.69) is 0 Å². The van der Waals surface area contributed by atoms with Crippen LogP contribution in [-0.4, -0.2) is 21.9 Å². The van der Waals surface area contributed by atoms with Crippen LogP contribution in [0.2, 0.25) is 0 Å². The van der Waals surface area contributed by atoms with Gasteiger partial charge in [-0.05, 0) is 18.4 Å². The maximum absolute atomic E-state index is 10.7. The Balaban J connectivity index is 3.00. The molecule has 0 aliphatic carbocycles. The van der Waals surface area contributed by atoms with Gasteiger partial charge in [0.15, 0.2) is 0 Å². The molecule has 0 radical (unpaired) electrons. The first kappa shape index (κ1) is 14.4. The van der Waals surface area contributed by atoms with Gasteiger partial charge in [0.05, 0.1) is 0 Å². The normalized spacial score (nSPS) is 13.9. The standard InChI is InChI=1S/C14H19NO3/c1-2-6-12(15)14(18,10-9-13(16)17)11-7-4-3-5-8-11/h3-5,7-8,15,18H,2,6,9-10H2,1H3,(H,16,17)/t14-/m0/s1. The van der Waals surface area contributed by atoms with E-state index in [0.717, 1.165) is 6.42 Å². The zero-order chi connectivity index (χ0) is 13.6. The van der Waals surface area contributed by atoms with Gasteiger partial charge in [0.25, 0.3) is 0 Å². The predicted molar refractivity (Wildman–Crippen MR) is 69.8 cm³/mol. The van der Waals surface area contributed by atoms with Crippen LogP contribution in [0.3, 0.4) is 0 Å². The molecule has 0 spiro atoms. The highest BCUT2D eigenvalue weighted by Gasteiger charge is 2.33. The molecule has 0 saturated heterocycles. The lowest BCUT2D eigenvalue weighted by Gasteiger charge is -2.29. The first-order chi connectivity index (χ1) is 8.50. The van der Waals surface area contributed by atoms with E-state index in [0.29, 0.717) is 12.0 Å². The highest BCUT2D eigenvalue weighted by atomic mass is 16.4. The number of benzene rings is 1. The van der Waals surface area contributed by atoms with Crippen LogP contribution in [0.15, 0.2) is 30.3 Å². The van der Waals surface area contributed by atoms with Crippen molar-refractivity contribution in [3.05, 3.63) is 35.9 Å². The Labute approximate surface area is 107 Å². The summed E-state index contributed by atoms with van der Waals surface area (Å²) in [6, 6.07) is 8.84. The molecule has 3 N–H and O–H groups in total. The summed E-state index contributed by atoms with van der Waals surface area (Å²) >= 11 is 0. The first-order valence-corrected chi connectivity index (χ1v) is 6.08. The van der Waals surface area contributed by atoms with Crippen LogP contribution in [-0.2, 0) is 10.4 Å². The molecule has 1 aromatic carbocycles. The van der Waals surface area contributed by atoms with Gasteiger partial charge in [-0.1, -0.05) is 43.7 Å². The van der Waals surface area contributed by atoms with Crippen LogP contribution in [0.25, 0.3) is 0 Å². The fraction of sp³-hybridized carbons (Fsp3) is 0.429. The van der Waals surface area contributed by atoms with Crippen molar-refractivity contribution in [3.63, 3.8) is 0 Å². The van der Waals surface area contributed by atoms with Crippen molar-refractivity contribution in [2.24, 2.45) is 0 Å². The summed E-state index contributed by atoms with van der Waals surface area (Å²) in [6.07, 6.45) is 1.09. The minimum Gasteiger partial charge on any atom is -0.481 e. The number of aliphatic carboxylic acids is 1. The van der Waals surface area contributed by atoms with Crippen molar-refractivity contribution in [2.75, 3.05) is 0 Å². The van der Waals surface area contributed by atoms with E-state index in [4.69, 9.17) is 10.5 Å². The van der Waals surface area contributed by atoms with E-state index in [1.807, 2.05) is 13.0 Å². The second-order valence-corrected chi connectivity index (χ2v) is 4.35. The lowest BCUT2D eigenvalue weighted by Crippen LogP contribution is -2.35. The SMILES string of the molecule is CCCC(=N)[C@](O)(CCC(=O)O)c1ccccc1. The summed E-state index contributed by atoms with van der Waals surface area (Å²) < 4.78 is 0. The maximum atomic E-state index is 10.7. The Morgan fingerprint density at radius 1 is 1.28 bits per heavy atom. The summed E-state index contributed by atoms with van der Waals surface area (Å²) in [5.41, 5.74) is -0.697. The number of carboxylic acid groups (broad SMARTS) is 1. The summed E-state index contributed by atoms with van der Waals surface area (Å²) in [6.45, 7) is 1.93. The second-order valence-electron chi connectivity index (χ2n) is 4.35. The predicted octanol–water partition coefficient (Wildman–Crippen LogP) is 2.56. The van der Waals surface area contributed by atoms with Gasteiger partial charge in [0, 0.05) is 12.1 Å². The number of hydrogen-bond donors (Lipinski definition) is 3. The van der Waals surface area contributed by atoms with Crippen molar-refractivity contribution in [2.45, 2.75) is 38.2 Å². The fourth-order valence-corrected chi connectivity index (χ4v) is 1.93. The van der Waals surface area contributed by atoms with E-state index >= 15 is 0 Å². The van der Waals surface area contributed by atoms with Crippen molar-refractivity contribution in [1.82, 2.24) is 0 Å². The molecule has 1 rings (SSSR count). The molecule has 0 aliphatic rings. The highest BCUT2D eigenvalue weighted by molar-refractivity contribution is 5.91. The van der Waals surface area contributed by atoms with Crippen LogP contribution < -0.4 is 0 Å². The molecular weight excluding hydrogens is 230 g/mol. The molecule has 4 nitrogen and oxygen atoms in total. The Morgan fingerprint density at radius 2 is 1.89 bits per heavy atom. The largest absolute Gasteiger partial charge is 0.481 e. The number of rotatable bonds is 7. The molecule has 0 fully saturated rings. The Bertz CT molecular complexity index is 416. The van der Waals surface area contributed by atoms with E-state index in [1.54, 1.807) is 24.3 Å². The van der Waals surface area contributed by atoms with E-state index in [9.17, 15) is 9.90 Å². The van der Waals surface area contributed by atoms with E-state index in [1.165, 1.54) is 0 Å². The highest BCUT2D eigenvalue weighted by Crippen LogP contribution is 2.29. The zero-order valence-electron chi connectivity index (χ0n) is 10.5. The third kappa shape index (κ3) is 3.40. The number of aliphatic hydroxyl groups is 1. The first-order valence-electron chi connectivity index (χ1n) is 6.08. The molecule has 0 bridgehead atoms. The third-order valence-corrected chi connectivity index (χ3v) is 2.95. The van der Waals surface area contributed by atoms with Gasteiger partial charge in [-0.15, -0.1) is 0 Å². The minimum atomic E-state index is -1.46. The molecule has 0 unspecified atom stereocenters. The summed E-state index contributed by atoms with van der Waals surface area (Å²) in [7, 11) is 0. The maximum Gasteiger partial charge on any atom is 0.303 e. The number of carboxylic acids is 1. The topological polar surface area (TPSA) is 81.4 Å². The fourth-order valence-electron chi connectivity index (χ4n) is 1.93. The second kappa shape index (κ2) is 6.31. The molecule has 0 saturated carbocycles. The third-order valence-electron chi connectivity index (χ3n) is 2.95. The molecule has 0 amide bonds. The Hall–Kier alpha value is -1.68. The summed E-state index contributed by atoms with van der Waals surface area (Å²) in [4.78, 5) is 10.7.